The fraction of sp³-hybridized carbons (Fsp3) is 0.414. The minimum atomic E-state index is -4.77. The molecule has 0 bridgehead atoms. The van der Waals surface area contributed by atoms with Crippen LogP contribution in [0.15, 0.2) is 52.8 Å². The molecule has 15 heteroatoms. The molecule has 44 heavy (non-hydrogen) atoms. The number of aromatic nitrogens is 3. The molecule has 0 saturated carbocycles. The number of ether oxygens (including phenoxy) is 1. The van der Waals surface area contributed by atoms with Crippen molar-refractivity contribution in [3.05, 3.63) is 65.8 Å². The maximum absolute atomic E-state index is 14.0. The van der Waals surface area contributed by atoms with Crippen molar-refractivity contribution in [1.29, 1.82) is 0 Å². The quantitative estimate of drug-likeness (QED) is 0.135. The first-order chi connectivity index (χ1) is 20.8. The van der Waals surface area contributed by atoms with Gasteiger partial charge >= 0.3 is 6.18 Å². The molecule has 3 aromatic rings. The Morgan fingerprint density at radius 3 is 2.61 bits per heavy atom. The molecular formula is C29H36F3N9O3. The van der Waals surface area contributed by atoms with E-state index in [1.165, 1.54) is 12.4 Å². The van der Waals surface area contributed by atoms with Crippen LogP contribution in [-0.4, -0.2) is 71.2 Å². The number of carbonyl (C=O) groups excluding carboxylic acids is 1. The zero-order chi connectivity index (χ0) is 31.9. The van der Waals surface area contributed by atoms with Gasteiger partial charge in [-0.1, -0.05) is 32.5 Å². The molecule has 0 aliphatic carbocycles. The topological polar surface area (TPSA) is 156 Å². The molecule has 1 aliphatic rings. The molecule has 236 valence electrons. The number of nitrogens with zero attached hydrogens (tertiary/aromatic N) is 5. The van der Waals surface area contributed by atoms with Gasteiger partial charge in [0.05, 0.1) is 36.3 Å². The zero-order valence-corrected chi connectivity index (χ0v) is 24.8. The molecule has 0 spiro atoms. The van der Waals surface area contributed by atoms with Crippen molar-refractivity contribution < 1.29 is 27.2 Å². The molecule has 1 aromatic carbocycles. The van der Waals surface area contributed by atoms with Gasteiger partial charge in [-0.2, -0.15) is 13.2 Å². The molecule has 0 radical (unpaired) electrons. The number of nitrogens with one attached hydrogen (secondary N) is 3. The van der Waals surface area contributed by atoms with Gasteiger partial charge in [-0.25, -0.2) is 15.0 Å². The van der Waals surface area contributed by atoms with Gasteiger partial charge in [0.2, 0.25) is 5.95 Å². The number of rotatable bonds is 11. The van der Waals surface area contributed by atoms with E-state index in [9.17, 15) is 18.0 Å². The lowest BCUT2D eigenvalue weighted by atomic mass is 9.93. The van der Waals surface area contributed by atoms with Crippen LogP contribution in [0.1, 0.15) is 54.6 Å². The first-order valence-electron chi connectivity index (χ1n) is 14.0. The SMILES string of the molecule is C=CNc1cnc(NCCCN2CCOCC2)nc1C(N)=Nc1cc(C(=O)Nc2cc(C(C)(C)C)on2)ccc1C(F)(F)F. The van der Waals surface area contributed by atoms with Crippen LogP contribution in [0.4, 0.5) is 36.3 Å². The molecule has 5 N–H and O–H groups in total. The third-order valence-electron chi connectivity index (χ3n) is 6.62. The van der Waals surface area contributed by atoms with Gasteiger partial charge in [0, 0.05) is 36.7 Å². The number of benzene rings is 1. The Kier molecular flexibility index (Phi) is 10.2. The number of nitrogens with two attached hydrogens (primary N) is 1. The molecule has 3 heterocycles. The van der Waals surface area contributed by atoms with Crippen molar-refractivity contribution in [1.82, 2.24) is 20.0 Å². The first-order valence-corrected chi connectivity index (χ1v) is 14.0. The zero-order valence-electron chi connectivity index (χ0n) is 24.8. The van der Waals surface area contributed by atoms with Crippen molar-refractivity contribution in [2.45, 2.75) is 38.8 Å². The summed E-state index contributed by atoms with van der Waals surface area (Å²) in [4.78, 5) is 28.0. The van der Waals surface area contributed by atoms with Crippen molar-refractivity contribution in [3.8, 4) is 0 Å². The maximum Gasteiger partial charge on any atom is 0.418 e. The van der Waals surface area contributed by atoms with Gasteiger partial charge in [0.1, 0.15) is 11.5 Å². The van der Waals surface area contributed by atoms with Gasteiger partial charge in [0.25, 0.3) is 5.91 Å². The van der Waals surface area contributed by atoms with E-state index >= 15 is 0 Å². The summed E-state index contributed by atoms with van der Waals surface area (Å²) in [6, 6.07) is 4.38. The van der Waals surface area contributed by atoms with Crippen LogP contribution < -0.4 is 21.7 Å². The Morgan fingerprint density at radius 2 is 1.95 bits per heavy atom. The van der Waals surface area contributed by atoms with Gasteiger partial charge in [-0.3, -0.25) is 9.69 Å². The monoisotopic (exact) mass is 615 g/mol. The fourth-order valence-electron chi connectivity index (χ4n) is 4.27. The largest absolute Gasteiger partial charge is 0.418 e. The van der Waals surface area contributed by atoms with Crippen LogP contribution in [0.25, 0.3) is 0 Å². The van der Waals surface area contributed by atoms with E-state index in [0.29, 0.717) is 25.5 Å². The molecule has 1 amide bonds. The lowest BCUT2D eigenvalue weighted by Crippen LogP contribution is -2.37. The predicted octanol–water partition coefficient (Wildman–Crippen LogP) is 4.76. The summed E-state index contributed by atoms with van der Waals surface area (Å²) in [5, 5.41) is 12.3. The number of anilines is 3. The highest BCUT2D eigenvalue weighted by Gasteiger charge is 2.34. The summed E-state index contributed by atoms with van der Waals surface area (Å²) in [5.74, 6) is -0.167. The maximum atomic E-state index is 14.0. The van der Waals surface area contributed by atoms with E-state index in [-0.39, 0.29) is 40.0 Å². The predicted molar refractivity (Wildman–Crippen MR) is 161 cm³/mol. The van der Waals surface area contributed by atoms with E-state index in [0.717, 1.165) is 44.3 Å². The number of morpholine rings is 1. The smallest absolute Gasteiger partial charge is 0.382 e. The van der Waals surface area contributed by atoms with Crippen LogP contribution in [0.3, 0.4) is 0 Å². The minimum absolute atomic E-state index is 0.0517. The second kappa shape index (κ2) is 13.9. The number of aliphatic imine (C=N–C) groups is 1. The van der Waals surface area contributed by atoms with Crippen LogP contribution in [0, 0.1) is 0 Å². The normalized spacial score (nSPS) is 14.7. The molecule has 4 rings (SSSR count). The van der Waals surface area contributed by atoms with Gasteiger partial charge in [0.15, 0.2) is 11.7 Å². The summed E-state index contributed by atoms with van der Waals surface area (Å²) in [5.41, 5.74) is 4.46. The lowest BCUT2D eigenvalue weighted by Gasteiger charge is -2.26. The van der Waals surface area contributed by atoms with Crippen molar-refractivity contribution in [3.63, 3.8) is 0 Å². The van der Waals surface area contributed by atoms with Gasteiger partial charge in [-0.05, 0) is 37.4 Å². The van der Waals surface area contributed by atoms with E-state index in [2.05, 4.69) is 47.5 Å². The van der Waals surface area contributed by atoms with Crippen LogP contribution in [0.5, 0.6) is 0 Å². The molecule has 0 atom stereocenters. The molecule has 1 fully saturated rings. The highest BCUT2D eigenvalue weighted by atomic mass is 19.4. The third-order valence-corrected chi connectivity index (χ3v) is 6.62. The van der Waals surface area contributed by atoms with E-state index < -0.39 is 23.3 Å². The Morgan fingerprint density at radius 1 is 1.20 bits per heavy atom. The Balaban J connectivity index is 1.58. The highest BCUT2D eigenvalue weighted by molar-refractivity contribution is 6.05. The van der Waals surface area contributed by atoms with Crippen molar-refractivity contribution in [2.75, 3.05) is 55.3 Å². The summed E-state index contributed by atoms with van der Waals surface area (Å²) < 4.78 is 52.5. The van der Waals surface area contributed by atoms with Crippen molar-refractivity contribution in [2.24, 2.45) is 10.7 Å². The van der Waals surface area contributed by atoms with E-state index in [4.69, 9.17) is 15.0 Å². The number of hydrogen-bond acceptors (Lipinski definition) is 10. The van der Waals surface area contributed by atoms with Crippen LogP contribution >= 0.6 is 0 Å². The third kappa shape index (κ3) is 8.54. The Bertz CT molecular complexity index is 1490. The Labute approximate surface area is 253 Å². The molecule has 1 aliphatic heterocycles. The van der Waals surface area contributed by atoms with Crippen LogP contribution in [0.2, 0.25) is 0 Å². The number of halogens is 3. The van der Waals surface area contributed by atoms with Gasteiger partial charge in [-0.15, -0.1) is 0 Å². The number of hydrogen-bond donors (Lipinski definition) is 4. The van der Waals surface area contributed by atoms with Crippen molar-refractivity contribution >= 4 is 34.9 Å². The minimum Gasteiger partial charge on any atom is -0.382 e. The highest BCUT2D eigenvalue weighted by Crippen LogP contribution is 2.37. The average molecular weight is 616 g/mol. The number of amidine groups is 1. The summed E-state index contributed by atoms with van der Waals surface area (Å²) in [6.07, 6.45) is -1.19. The Hall–Kier alpha value is -4.50. The second-order valence-electron chi connectivity index (χ2n) is 11.0. The first kappa shape index (κ1) is 32.4. The average Bonchev–Trinajstić information content (AvgIpc) is 3.45. The van der Waals surface area contributed by atoms with E-state index in [1.54, 1.807) is 6.07 Å². The summed E-state index contributed by atoms with van der Waals surface area (Å²) in [7, 11) is 0. The number of amides is 1. The summed E-state index contributed by atoms with van der Waals surface area (Å²) in [6.45, 7) is 13.9. The standard InChI is InChI=1S/C29H36F3N9O3/c1-5-34-21-17-36-27(35-9-6-10-41-11-13-43-14-12-41)39-24(21)25(33)37-20-15-18(7-8-19(20)29(30,31)32)26(42)38-23-16-22(44-40-23)28(2,3)4/h5,7-8,15-17,34H,1,6,9-14H2,2-4H3,(H2,33,37)(H,35,36,39)(H,38,40,42). The molecule has 12 nitrogen and oxygen atoms in total. The lowest BCUT2D eigenvalue weighted by molar-refractivity contribution is -0.137. The second-order valence-corrected chi connectivity index (χ2v) is 11.0. The molecular weight excluding hydrogens is 579 g/mol. The molecule has 2 aromatic heterocycles. The molecule has 0 unspecified atom stereocenters. The van der Waals surface area contributed by atoms with E-state index in [1.807, 2.05) is 20.8 Å². The molecule has 1 saturated heterocycles. The number of carbonyl (C=O) groups is 1. The van der Waals surface area contributed by atoms with Gasteiger partial charge < -0.3 is 30.9 Å². The van der Waals surface area contributed by atoms with Crippen LogP contribution in [-0.2, 0) is 16.3 Å². The summed E-state index contributed by atoms with van der Waals surface area (Å²) >= 11 is 0. The fourth-order valence-corrected chi connectivity index (χ4v) is 4.27. The number of alkyl halides is 3.